The van der Waals surface area contributed by atoms with Crippen LogP contribution in [0.3, 0.4) is 0 Å². The predicted molar refractivity (Wildman–Crippen MR) is 100.0 cm³/mol. The first-order chi connectivity index (χ1) is 12.3. The lowest BCUT2D eigenvalue weighted by molar-refractivity contribution is 0.0473. The van der Waals surface area contributed by atoms with Gasteiger partial charge in [0, 0.05) is 15.7 Å². The number of halogens is 2. The van der Waals surface area contributed by atoms with Crippen molar-refractivity contribution >= 4 is 45.3 Å². The molecule has 0 aliphatic heterocycles. The fourth-order valence-corrected chi connectivity index (χ4v) is 3.07. The van der Waals surface area contributed by atoms with Crippen LogP contribution in [0.4, 0.5) is 0 Å². The van der Waals surface area contributed by atoms with Gasteiger partial charge in [0.2, 0.25) is 5.78 Å². The van der Waals surface area contributed by atoms with Crippen LogP contribution in [-0.2, 0) is 9.47 Å². The number of aryl methyl sites for hydroxylation is 1. The minimum absolute atomic E-state index is 0.156. The van der Waals surface area contributed by atoms with Crippen molar-refractivity contribution in [2.24, 2.45) is 0 Å². The summed E-state index contributed by atoms with van der Waals surface area (Å²) in [4.78, 5) is 39.4. The van der Waals surface area contributed by atoms with Crippen molar-refractivity contribution in [1.29, 1.82) is 0 Å². The SMILES string of the molecule is CCOC(=O)c1[nH]c(C)c(C(=O)COC(=O)c2cc(Br)ccc2Cl)c1C. The normalized spacial score (nSPS) is 10.5. The molecule has 0 unspecified atom stereocenters. The van der Waals surface area contributed by atoms with Crippen LogP contribution >= 0.6 is 27.5 Å². The van der Waals surface area contributed by atoms with Crippen LogP contribution in [-0.4, -0.2) is 35.9 Å². The molecule has 0 aliphatic rings. The molecule has 1 N–H and O–H groups in total. The molecule has 2 aromatic rings. The zero-order valence-corrected chi connectivity index (χ0v) is 16.8. The summed E-state index contributed by atoms with van der Waals surface area (Å²) in [6.07, 6.45) is 0. The second-order valence-corrected chi connectivity index (χ2v) is 6.79. The van der Waals surface area contributed by atoms with Gasteiger partial charge in [-0.2, -0.15) is 0 Å². The predicted octanol–water partition coefficient (Wildman–Crippen LogP) is 4.26. The Morgan fingerprint density at radius 2 is 1.85 bits per heavy atom. The third-order valence-electron chi connectivity index (χ3n) is 3.68. The van der Waals surface area contributed by atoms with E-state index in [0.29, 0.717) is 21.3 Å². The molecule has 0 radical (unpaired) electrons. The van der Waals surface area contributed by atoms with Crippen molar-refractivity contribution in [3.8, 4) is 0 Å². The number of aromatic amines is 1. The minimum Gasteiger partial charge on any atom is -0.461 e. The number of hydrogen-bond acceptors (Lipinski definition) is 5. The monoisotopic (exact) mass is 441 g/mol. The lowest BCUT2D eigenvalue weighted by atomic mass is 10.1. The van der Waals surface area contributed by atoms with E-state index in [0.717, 1.165) is 0 Å². The Hall–Kier alpha value is -2.12. The first-order valence-electron chi connectivity index (χ1n) is 7.77. The van der Waals surface area contributed by atoms with Gasteiger partial charge in [-0.25, -0.2) is 9.59 Å². The molecular weight excluding hydrogens is 426 g/mol. The zero-order valence-electron chi connectivity index (χ0n) is 14.4. The fraction of sp³-hybridized carbons (Fsp3) is 0.278. The number of hydrogen-bond donors (Lipinski definition) is 1. The molecule has 0 saturated carbocycles. The van der Waals surface area contributed by atoms with Crippen LogP contribution in [0, 0.1) is 13.8 Å². The number of carbonyl (C=O) groups excluding carboxylic acids is 3. The van der Waals surface area contributed by atoms with E-state index >= 15 is 0 Å². The minimum atomic E-state index is -0.707. The Labute approximate surface area is 163 Å². The van der Waals surface area contributed by atoms with Crippen LogP contribution in [0.2, 0.25) is 5.02 Å². The summed E-state index contributed by atoms with van der Waals surface area (Å²) in [5.41, 5.74) is 1.65. The van der Waals surface area contributed by atoms with Gasteiger partial charge < -0.3 is 14.5 Å². The van der Waals surface area contributed by atoms with E-state index < -0.39 is 24.3 Å². The van der Waals surface area contributed by atoms with Crippen molar-refractivity contribution in [2.45, 2.75) is 20.8 Å². The maximum Gasteiger partial charge on any atom is 0.355 e. The summed E-state index contributed by atoms with van der Waals surface area (Å²) in [5, 5.41) is 0.226. The maximum absolute atomic E-state index is 12.5. The highest BCUT2D eigenvalue weighted by Gasteiger charge is 2.24. The average molecular weight is 443 g/mol. The van der Waals surface area contributed by atoms with Crippen LogP contribution < -0.4 is 0 Å². The van der Waals surface area contributed by atoms with Crippen molar-refractivity contribution in [2.75, 3.05) is 13.2 Å². The Morgan fingerprint density at radius 1 is 1.15 bits per heavy atom. The molecule has 6 nitrogen and oxygen atoms in total. The van der Waals surface area contributed by atoms with E-state index in [2.05, 4.69) is 20.9 Å². The first kappa shape index (κ1) is 20.2. The van der Waals surface area contributed by atoms with Gasteiger partial charge in [-0.15, -0.1) is 0 Å². The molecule has 0 saturated heterocycles. The average Bonchev–Trinajstić information content (AvgIpc) is 2.89. The van der Waals surface area contributed by atoms with E-state index in [4.69, 9.17) is 21.1 Å². The van der Waals surface area contributed by atoms with E-state index in [1.54, 1.807) is 32.9 Å². The largest absolute Gasteiger partial charge is 0.461 e. The van der Waals surface area contributed by atoms with Crippen molar-refractivity contribution in [3.05, 3.63) is 55.8 Å². The number of ether oxygens (including phenoxy) is 2. The van der Waals surface area contributed by atoms with Crippen molar-refractivity contribution in [3.63, 3.8) is 0 Å². The molecule has 0 bridgehead atoms. The molecule has 0 spiro atoms. The van der Waals surface area contributed by atoms with E-state index in [1.807, 2.05) is 0 Å². The van der Waals surface area contributed by atoms with Gasteiger partial charge in [0.25, 0.3) is 0 Å². The lowest BCUT2D eigenvalue weighted by Gasteiger charge is -2.07. The molecule has 0 amide bonds. The number of H-pyrrole nitrogens is 1. The van der Waals surface area contributed by atoms with Gasteiger partial charge >= 0.3 is 11.9 Å². The third kappa shape index (κ3) is 4.34. The highest BCUT2D eigenvalue weighted by atomic mass is 79.9. The van der Waals surface area contributed by atoms with Gasteiger partial charge in [0.15, 0.2) is 6.61 Å². The molecule has 0 aliphatic carbocycles. The molecular formula is C18H17BrClNO5. The molecule has 0 atom stereocenters. The smallest absolute Gasteiger partial charge is 0.355 e. The number of nitrogens with one attached hydrogen (secondary N) is 1. The summed E-state index contributed by atoms with van der Waals surface area (Å²) >= 11 is 9.23. The van der Waals surface area contributed by atoms with Gasteiger partial charge in [0.1, 0.15) is 5.69 Å². The van der Waals surface area contributed by atoms with Gasteiger partial charge in [0.05, 0.1) is 17.2 Å². The topological polar surface area (TPSA) is 85.5 Å². The number of ketones is 1. The highest BCUT2D eigenvalue weighted by molar-refractivity contribution is 9.10. The maximum atomic E-state index is 12.5. The lowest BCUT2D eigenvalue weighted by Crippen LogP contribution is -2.16. The Kier molecular flexibility index (Phi) is 6.61. The Balaban J connectivity index is 2.14. The molecule has 2 rings (SSSR count). The zero-order chi connectivity index (χ0) is 19.4. The van der Waals surface area contributed by atoms with Gasteiger partial charge in [-0.3, -0.25) is 4.79 Å². The number of esters is 2. The summed E-state index contributed by atoms with van der Waals surface area (Å²) in [6, 6.07) is 4.75. The van der Waals surface area contributed by atoms with Crippen LogP contribution in [0.25, 0.3) is 0 Å². The molecule has 8 heteroatoms. The molecule has 26 heavy (non-hydrogen) atoms. The summed E-state index contributed by atoms with van der Waals surface area (Å²) in [5.74, 6) is -1.67. The second-order valence-electron chi connectivity index (χ2n) is 5.47. The quantitative estimate of drug-likeness (QED) is 0.533. The second kappa shape index (κ2) is 8.51. The molecule has 0 fully saturated rings. The number of Topliss-reactive ketones (excluding diaryl/α,β-unsaturated/α-hetero) is 1. The van der Waals surface area contributed by atoms with Crippen LogP contribution in [0.15, 0.2) is 22.7 Å². The van der Waals surface area contributed by atoms with Crippen LogP contribution in [0.1, 0.15) is 49.4 Å². The molecule has 138 valence electrons. The van der Waals surface area contributed by atoms with E-state index in [-0.39, 0.29) is 22.9 Å². The summed E-state index contributed by atoms with van der Waals surface area (Å²) < 4.78 is 10.7. The van der Waals surface area contributed by atoms with E-state index in [9.17, 15) is 14.4 Å². The Bertz CT molecular complexity index is 875. The first-order valence-corrected chi connectivity index (χ1v) is 8.95. The summed E-state index contributed by atoms with van der Waals surface area (Å²) in [6.45, 7) is 4.75. The molecule has 1 heterocycles. The highest BCUT2D eigenvalue weighted by Crippen LogP contribution is 2.23. The van der Waals surface area contributed by atoms with Crippen molar-refractivity contribution in [1.82, 2.24) is 4.98 Å². The number of aromatic nitrogens is 1. The number of rotatable bonds is 6. The molecule has 1 aromatic carbocycles. The van der Waals surface area contributed by atoms with E-state index in [1.165, 1.54) is 6.07 Å². The fourth-order valence-electron chi connectivity index (χ4n) is 2.51. The van der Waals surface area contributed by atoms with Crippen LogP contribution in [0.5, 0.6) is 0 Å². The number of benzene rings is 1. The third-order valence-corrected chi connectivity index (χ3v) is 4.50. The summed E-state index contributed by atoms with van der Waals surface area (Å²) in [7, 11) is 0. The van der Waals surface area contributed by atoms with Gasteiger partial charge in [-0.1, -0.05) is 27.5 Å². The molecule has 1 aromatic heterocycles. The number of carbonyl (C=O) groups is 3. The van der Waals surface area contributed by atoms with Gasteiger partial charge in [-0.05, 0) is 44.5 Å². The standard InChI is InChI=1S/C18H17BrClNO5/c1-4-25-18(24)16-9(2)15(10(3)21-16)14(22)8-26-17(23)12-7-11(19)5-6-13(12)20/h5-7,21H,4,8H2,1-3H3. The Morgan fingerprint density at radius 3 is 2.50 bits per heavy atom. The van der Waals surface area contributed by atoms with Crippen molar-refractivity contribution < 1.29 is 23.9 Å².